The van der Waals surface area contributed by atoms with E-state index in [0.717, 1.165) is 16.7 Å². The monoisotopic (exact) mass is 515 g/mol. The van der Waals surface area contributed by atoms with E-state index in [1.54, 1.807) is 49.3 Å². The molecule has 0 saturated heterocycles. The van der Waals surface area contributed by atoms with E-state index in [1.165, 1.54) is 6.07 Å². The van der Waals surface area contributed by atoms with E-state index >= 15 is 0 Å². The average Bonchev–Trinajstić information content (AvgIpc) is 2.90. The summed E-state index contributed by atoms with van der Waals surface area (Å²) in [7, 11) is 1.57. The molecule has 0 spiro atoms. The summed E-state index contributed by atoms with van der Waals surface area (Å²) in [6, 6.07) is 28.3. The van der Waals surface area contributed by atoms with Crippen molar-refractivity contribution in [2.24, 2.45) is 0 Å². The third-order valence-electron chi connectivity index (χ3n) is 6.75. The SMILES string of the molecule is COc1ccc(C2(C)C(=O)c3c(Cl)cc(Cl)cc3N(Cc3ccc(-c4ccccc4)cc3)C2=O)cc1. The van der Waals surface area contributed by atoms with Crippen LogP contribution in [0.25, 0.3) is 11.1 Å². The fourth-order valence-corrected chi connectivity index (χ4v) is 5.24. The highest BCUT2D eigenvalue weighted by molar-refractivity contribution is 6.41. The number of rotatable bonds is 5. The van der Waals surface area contributed by atoms with Crippen LogP contribution in [0.4, 0.5) is 5.69 Å². The molecule has 0 saturated carbocycles. The van der Waals surface area contributed by atoms with Crippen molar-refractivity contribution in [3.63, 3.8) is 0 Å². The number of amides is 1. The Morgan fingerprint density at radius 3 is 2.11 bits per heavy atom. The summed E-state index contributed by atoms with van der Waals surface area (Å²) >= 11 is 12.9. The summed E-state index contributed by atoms with van der Waals surface area (Å²) in [5, 5.41) is 0.580. The van der Waals surface area contributed by atoms with Crippen LogP contribution in [0.2, 0.25) is 10.0 Å². The van der Waals surface area contributed by atoms with Crippen LogP contribution in [0.3, 0.4) is 0 Å². The second-order valence-corrected chi connectivity index (χ2v) is 9.76. The van der Waals surface area contributed by atoms with Gasteiger partial charge in [-0.25, -0.2) is 0 Å². The lowest BCUT2D eigenvalue weighted by Crippen LogP contribution is -2.54. The van der Waals surface area contributed by atoms with Crippen LogP contribution in [0.15, 0.2) is 91.0 Å². The summed E-state index contributed by atoms with van der Waals surface area (Å²) in [5.41, 5.74) is 2.92. The summed E-state index contributed by atoms with van der Waals surface area (Å²) < 4.78 is 5.26. The second kappa shape index (κ2) is 9.45. The summed E-state index contributed by atoms with van der Waals surface area (Å²) in [6.45, 7) is 1.91. The number of halogens is 2. The summed E-state index contributed by atoms with van der Waals surface area (Å²) in [5.74, 6) is -0.0562. The zero-order valence-corrected chi connectivity index (χ0v) is 21.3. The van der Waals surface area contributed by atoms with E-state index in [0.29, 0.717) is 27.6 Å². The quantitative estimate of drug-likeness (QED) is 0.261. The van der Waals surface area contributed by atoms with Crippen LogP contribution in [0.1, 0.15) is 28.4 Å². The fraction of sp³-hybridized carbons (Fsp3) is 0.133. The van der Waals surface area contributed by atoms with Gasteiger partial charge in [0.05, 0.1) is 29.9 Å². The molecule has 1 aliphatic heterocycles. The van der Waals surface area contributed by atoms with Crippen LogP contribution < -0.4 is 9.64 Å². The lowest BCUT2D eigenvalue weighted by atomic mass is 9.72. The van der Waals surface area contributed by atoms with Gasteiger partial charge in [0.25, 0.3) is 0 Å². The molecule has 1 unspecified atom stereocenters. The molecule has 4 aromatic carbocycles. The van der Waals surface area contributed by atoms with Gasteiger partial charge in [-0.1, -0.05) is 89.9 Å². The number of methoxy groups -OCH3 is 1. The van der Waals surface area contributed by atoms with Crippen molar-refractivity contribution in [2.75, 3.05) is 12.0 Å². The van der Waals surface area contributed by atoms with Crippen molar-refractivity contribution in [1.29, 1.82) is 0 Å². The molecule has 1 amide bonds. The normalized spacial score (nSPS) is 17.2. The highest BCUT2D eigenvalue weighted by Crippen LogP contribution is 2.44. The molecule has 1 atom stereocenters. The van der Waals surface area contributed by atoms with Gasteiger partial charge >= 0.3 is 0 Å². The first-order valence-corrected chi connectivity index (χ1v) is 12.2. The summed E-state index contributed by atoms with van der Waals surface area (Å²) in [4.78, 5) is 29.5. The minimum absolute atomic E-state index is 0.221. The molecule has 0 aromatic heterocycles. The Morgan fingerprint density at radius 1 is 0.833 bits per heavy atom. The van der Waals surface area contributed by atoms with Crippen molar-refractivity contribution >= 4 is 40.6 Å². The number of fused-ring (bicyclic) bond motifs is 1. The molecule has 5 rings (SSSR count). The largest absolute Gasteiger partial charge is 0.497 e. The maximum absolute atomic E-state index is 14.1. The Kier molecular flexibility index (Phi) is 6.33. The topological polar surface area (TPSA) is 46.6 Å². The Balaban J connectivity index is 1.58. The Labute approximate surface area is 220 Å². The Bertz CT molecular complexity index is 1450. The first-order valence-electron chi connectivity index (χ1n) is 11.5. The molecule has 0 N–H and O–H groups in total. The molecular weight excluding hydrogens is 493 g/mol. The van der Waals surface area contributed by atoms with E-state index in [-0.39, 0.29) is 23.3 Å². The van der Waals surface area contributed by atoms with Crippen LogP contribution in [0, 0.1) is 0 Å². The standard InChI is InChI=1S/C30H23Cl2NO3/c1-30(22-12-14-24(36-2)15-13-22)28(34)27-25(32)16-23(31)17-26(27)33(29(30)35)18-19-8-10-21(11-9-19)20-6-4-3-5-7-20/h3-17H,18H2,1-2H3. The molecule has 0 bridgehead atoms. The molecule has 1 aliphatic rings. The number of hydrogen-bond donors (Lipinski definition) is 0. The van der Waals surface area contributed by atoms with Crippen molar-refractivity contribution in [3.8, 4) is 16.9 Å². The molecule has 180 valence electrons. The number of hydrogen-bond acceptors (Lipinski definition) is 3. The summed E-state index contributed by atoms with van der Waals surface area (Å²) in [6.07, 6.45) is 0. The highest BCUT2D eigenvalue weighted by atomic mass is 35.5. The fourth-order valence-electron chi connectivity index (χ4n) is 4.68. The molecule has 36 heavy (non-hydrogen) atoms. The van der Waals surface area contributed by atoms with Gasteiger partial charge in [-0.3, -0.25) is 9.59 Å². The first kappa shape index (κ1) is 24.1. The minimum atomic E-state index is -1.46. The predicted octanol–water partition coefficient (Wildman–Crippen LogP) is 7.36. The smallest absolute Gasteiger partial charge is 0.245 e. The maximum Gasteiger partial charge on any atom is 0.245 e. The van der Waals surface area contributed by atoms with E-state index < -0.39 is 5.41 Å². The first-order chi connectivity index (χ1) is 17.3. The Hall–Kier alpha value is -3.60. The van der Waals surface area contributed by atoms with Gasteiger partial charge in [-0.2, -0.15) is 0 Å². The molecule has 4 aromatic rings. The van der Waals surface area contributed by atoms with Crippen LogP contribution in [0.5, 0.6) is 5.75 Å². The number of nitrogens with zero attached hydrogens (tertiary/aromatic N) is 1. The minimum Gasteiger partial charge on any atom is -0.497 e. The molecular formula is C30H23Cl2NO3. The third-order valence-corrected chi connectivity index (χ3v) is 7.26. The van der Waals surface area contributed by atoms with E-state index in [2.05, 4.69) is 12.1 Å². The van der Waals surface area contributed by atoms with Gasteiger partial charge in [0, 0.05) is 5.02 Å². The Morgan fingerprint density at radius 2 is 1.47 bits per heavy atom. The van der Waals surface area contributed by atoms with Gasteiger partial charge in [0.15, 0.2) is 5.78 Å². The van der Waals surface area contributed by atoms with E-state index in [4.69, 9.17) is 27.9 Å². The lowest BCUT2D eigenvalue weighted by molar-refractivity contribution is -0.122. The molecule has 0 fully saturated rings. The molecule has 1 heterocycles. The number of carbonyl (C=O) groups excluding carboxylic acids is 2. The second-order valence-electron chi connectivity index (χ2n) is 8.92. The highest BCUT2D eigenvalue weighted by Gasteiger charge is 2.51. The average molecular weight is 516 g/mol. The number of carbonyl (C=O) groups is 2. The zero-order chi connectivity index (χ0) is 25.4. The number of ketones is 1. The maximum atomic E-state index is 14.1. The molecule has 0 radical (unpaired) electrons. The number of benzene rings is 4. The molecule has 6 heteroatoms. The van der Waals surface area contributed by atoms with Gasteiger partial charge in [0.2, 0.25) is 5.91 Å². The predicted molar refractivity (Wildman–Crippen MR) is 144 cm³/mol. The van der Waals surface area contributed by atoms with Gasteiger partial charge in [-0.15, -0.1) is 0 Å². The lowest BCUT2D eigenvalue weighted by Gasteiger charge is -2.40. The number of ether oxygens (including phenoxy) is 1. The molecule has 4 nitrogen and oxygen atoms in total. The van der Waals surface area contributed by atoms with Crippen LogP contribution in [-0.4, -0.2) is 18.8 Å². The number of Topliss-reactive ketones (excluding diaryl/α,β-unsaturated/α-hetero) is 1. The van der Waals surface area contributed by atoms with Gasteiger partial charge in [-0.05, 0) is 53.4 Å². The van der Waals surface area contributed by atoms with Crippen molar-refractivity contribution in [2.45, 2.75) is 18.9 Å². The van der Waals surface area contributed by atoms with Crippen molar-refractivity contribution in [3.05, 3.63) is 118 Å². The zero-order valence-electron chi connectivity index (χ0n) is 19.8. The number of anilines is 1. The van der Waals surface area contributed by atoms with Crippen LogP contribution in [-0.2, 0) is 16.8 Å². The van der Waals surface area contributed by atoms with Gasteiger partial charge in [0.1, 0.15) is 11.2 Å². The van der Waals surface area contributed by atoms with Crippen LogP contribution >= 0.6 is 23.2 Å². The molecule has 0 aliphatic carbocycles. The van der Waals surface area contributed by atoms with E-state index in [9.17, 15) is 9.59 Å². The van der Waals surface area contributed by atoms with Crippen molar-refractivity contribution in [1.82, 2.24) is 0 Å². The third kappa shape index (κ3) is 4.06. The van der Waals surface area contributed by atoms with Crippen molar-refractivity contribution < 1.29 is 14.3 Å². The van der Waals surface area contributed by atoms with E-state index in [1.807, 2.05) is 42.5 Å². The van der Waals surface area contributed by atoms with Gasteiger partial charge < -0.3 is 9.64 Å².